The lowest BCUT2D eigenvalue weighted by atomic mass is 10.0. The quantitative estimate of drug-likeness (QED) is 0.0292. The number of nitrogens with zero attached hydrogens (tertiary/aromatic N) is 1. The number of carbonyl (C=O) groups excluding carboxylic acids is 7. The number of nitrogens with one attached hydrogen (secondary N) is 5. The number of esters is 4. The van der Waals surface area contributed by atoms with Crippen molar-refractivity contribution >= 4 is 90.1 Å². The maximum atomic E-state index is 13.2. The number of amides is 3. The number of benzene rings is 1. The summed E-state index contributed by atoms with van der Waals surface area (Å²) in [5.41, 5.74) is 3.99. The van der Waals surface area contributed by atoms with Crippen LogP contribution in [-0.2, 0) is 62.8 Å². The number of hydrogen-bond acceptors (Lipinski definition) is 18. The molecule has 0 saturated carbocycles. The van der Waals surface area contributed by atoms with Crippen LogP contribution in [-0.4, -0.2) is 125 Å². The fourth-order valence-corrected chi connectivity index (χ4v) is 12.9. The summed E-state index contributed by atoms with van der Waals surface area (Å²) in [5.74, 6) is -5.41. The number of aryl methyl sites for hydroxylation is 1. The molecule has 2 aromatic heterocycles. The summed E-state index contributed by atoms with van der Waals surface area (Å²) in [7, 11) is -8.40. The predicted octanol–water partition coefficient (Wildman–Crippen LogP) is 4.24. The first-order chi connectivity index (χ1) is 33.4. The van der Waals surface area contributed by atoms with Gasteiger partial charge in [-0.2, -0.15) is 0 Å². The molecule has 0 bridgehead atoms. The van der Waals surface area contributed by atoms with Gasteiger partial charge in [-0.1, -0.05) is 20.8 Å². The van der Waals surface area contributed by atoms with Crippen molar-refractivity contribution in [2.75, 3.05) is 38.0 Å². The average Bonchev–Trinajstić information content (AvgIpc) is 3.99. The van der Waals surface area contributed by atoms with Gasteiger partial charge in [0.15, 0.2) is 28.1 Å². The standard InChI is InChI=1S/C47H62N6O15S3/c1-10-48-37-21-25(4)70(61,62)47-34(37)24-40(69-47)71(63,64)52-42(56)28(7)66-46(60)30(9)67-45(59)29(8)65-38(54)15-13-14-16-39(55)68-31-17-18-35-32(22-31)33(43(57)51-35)23-36-26(5)41(27(6)50-36)44(58)49-19-20-53(11-2)12-3/h17-18,22-25,28-30,37,48,50H,10-16,19-21H2,1-9H3,(H,49,58)(H,51,57)(H,52,56)/b33-23-/t25-,28?,29?,30?,37-/m1/s1. The van der Waals surface area contributed by atoms with Crippen LogP contribution in [0.5, 0.6) is 5.75 Å². The summed E-state index contributed by atoms with van der Waals surface area (Å²) >= 11 is 0.512. The summed E-state index contributed by atoms with van der Waals surface area (Å²) in [5, 5.41) is 8.15. The van der Waals surface area contributed by atoms with Crippen molar-refractivity contribution in [1.29, 1.82) is 0 Å². The van der Waals surface area contributed by atoms with Gasteiger partial charge in [0.2, 0.25) is 0 Å². The molecule has 4 heterocycles. The Bertz CT molecular complexity index is 2800. The van der Waals surface area contributed by atoms with Gasteiger partial charge in [-0.3, -0.25) is 24.0 Å². The predicted molar refractivity (Wildman–Crippen MR) is 261 cm³/mol. The number of sulfonamides is 1. The molecule has 388 valence electrons. The van der Waals surface area contributed by atoms with Crippen LogP contribution in [0.15, 0.2) is 32.7 Å². The van der Waals surface area contributed by atoms with Gasteiger partial charge in [0.05, 0.1) is 16.4 Å². The smallest absolute Gasteiger partial charge is 0.347 e. The Hall–Kier alpha value is -5.95. The molecule has 0 radical (unpaired) electrons. The molecule has 0 aliphatic carbocycles. The molecule has 5 rings (SSSR count). The summed E-state index contributed by atoms with van der Waals surface area (Å²) < 4.78 is 74.3. The van der Waals surface area contributed by atoms with Crippen LogP contribution >= 0.6 is 11.3 Å². The van der Waals surface area contributed by atoms with E-state index < -0.39 is 83.5 Å². The lowest BCUT2D eigenvalue weighted by molar-refractivity contribution is -0.179. The molecule has 0 saturated heterocycles. The van der Waals surface area contributed by atoms with Crippen LogP contribution in [0.4, 0.5) is 5.69 Å². The third-order valence-corrected chi connectivity index (χ3v) is 17.6. The van der Waals surface area contributed by atoms with E-state index in [4.69, 9.17) is 18.9 Å². The number of hydrogen-bond donors (Lipinski definition) is 5. The zero-order valence-electron chi connectivity index (χ0n) is 41.1. The van der Waals surface area contributed by atoms with Gasteiger partial charge >= 0.3 is 23.9 Å². The van der Waals surface area contributed by atoms with Gasteiger partial charge in [0.1, 0.15) is 14.2 Å². The number of aromatic amines is 1. The maximum absolute atomic E-state index is 13.2. The zero-order valence-corrected chi connectivity index (χ0v) is 43.6. The average molecular weight is 1050 g/mol. The first-order valence-electron chi connectivity index (χ1n) is 23.3. The molecular formula is C47H62N6O15S3. The van der Waals surface area contributed by atoms with Gasteiger partial charge in [-0.05, 0) is 116 Å². The fraction of sp³-hybridized carbons (Fsp3) is 0.511. The number of aromatic nitrogens is 1. The second kappa shape index (κ2) is 24.0. The van der Waals surface area contributed by atoms with E-state index >= 15 is 0 Å². The van der Waals surface area contributed by atoms with E-state index in [-0.39, 0.29) is 59.4 Å². The summed E-state index contributed by atoms with van der Waals surface area (Å²) in [6.07, 6.45) is -2.77. The molecule has 21 nitrogen and oxygen atoms in total. The Morgan fingerprint density at radius 3 is 2.20 bits per heavy atom. The first kappa shape index (κ1) is 56.0. The van der Waals surface area contributed by atoms with Crippen LogP contribution in [0.25, 0.3) is 11.6 Å². The number of unbranched alkanes of at least 4 members (excludes halogenated alkanes) is 1. The SMILES string of the molecule is CCN[C@@H]1C[C@@H](C)S(=O)(=O)c2sc(S(=O)(=O)NC(=O)C(C)OC(=O)C(C)OC(=O)C(C)OC(=O)CCCCC(=O)Oc3ccc4c(c3)/C(=C/c3[nH]c(C)c(C(=O)NCCN(CC)CC)c3C)C(=O)N4)cc21. The van der Waals surface area contributed by atoms with Crippen LogP contribution in [0.2, 0.25) is 0 Å². The zero-order chi connectivity index (χ0) is 52.5. The first-order valence-corrected chi connectivity index (χ1v) is 27.1. The maximum Gasteiger partial charge on any atom is 0.347 e. The highest BCUT2D eigenvalue weighted by atomic mass is 32.3. The number of likely N-dealkylation sites (N-methyl/N-ethyl adjacent to an activating group) is 1. The van der Waals surface area contributed by atoms with Crippen LogP contribution in [0.1, 0.15) is 125 Å². The minimum atomic E-state index is -4.59. The van der Waals surface area contributed by atoms with Crippen LogP contribution in [0, 0.1) is 13.8 Å². The third-order valence-electron chi connectivity index (χ3n) is 11.9. The van der Waals surface area contributed by atoms with Gasteiger partial charge in [0.25, 0.3) is 27.7 Å². The van der Waals surface area contributed by atoms with Crippen molar-refractivity contribution in [3.05, 3.63) is 57.9 Å². The van der Waals surface area contributed by atoms with Crippen LogP contribution in [0.3, 0.4) is 0 Å². The molecule has 0 fully saturated rings. The van der Waals surface area contributed by atoms with Crippen LogP contribution < -0.4 is 25.4 Å². The molecular weight excluding hydrogens is 985 g/mol. The van der Waals surface area contributed by atoms with E-state index in [1.807, 2.05) is 6.92 Å². The number of ether oxygens (including phenoxy) is 4. The molecule has 1 aromatic carbocycles. The molecule has 71 heavy (non-hydrogen) atoms. The van der Waals surface area contributed by atoms with E-state index in [1.165, 1.54) is 26.0 Å². The number of carbonyl (C=O) groups is 7. The van der Waals surface area contributed by atoms with E-state index in [1.54, 1.807) is 36.8 Å². The lowest BCUT2D eigenvalue weighted by Crippen LogP contribution is -2.41. The largest absolute Gasteiger partial charge is 0.451 e. The molecule has 3 aromatic rings. The molecule has 2 aliphatic heterocycles. The van der Waals surface area contributed by atoms with Crippen molar-refractivity contribution in [3.8, 4) is 5.75 Å². The Morgan fingerprint density at radius 1 is 0.915 bits per heavy atom. The molecule has 3 amide bonds. The molecule has 5 atom stereocenters. The third kappa shape index (κ3) is 13.7. The molecule has 3 unspecified atom stereocenters. The summed E-state index contributed by atoms with van der Waals surface area (Å²) in [4.78, 5) is 95.1. The molecule has 2 aliphatic rings. The number of H-pyrrole nitrogens is 1. The molecule has 24 heteroatoms. The van der Waals surface area contributed by atoms with Gasteiger partial charge in [-0.25, -0.2) is 31.1 Å². The fourth-order valence-electron chi connectivity index (χ4n) is 7.84. The number of rotatable bonds is 23. The number of anilines is 1. The number of sulfone groups is 1. The second-order valence-electron chi connectivity index (χ2n) is 17.1. The van der Waals surface area contributed by atoms with Crippen molar-refractivity contribution < 1.29 is 69.3 Å². The number of thiophene rings is 1. The Morgan fingerprint density at radius 2 is 1.55 bits per heavy atom. The van der Waals surface area contributed by atoms with Gasteiger partial charge < -0.3 is 44.8 Å². The van der Waals surface area contributed by atoms with E-state index in [0.29, 0.717) is 63.8 Å². The second-order valence-corrected chi connectivity index (χ2v) is 22.6. The van der Waals surface area contributed by atoms with E-state index in [0.717, 1.165) is 33.5 Å². The minimum Gasteiger partial charge on any atom is -0.451 e. The summed E-state index contributed by atoms with van der Waals surface area (Å²) in [6, 6.07) is 5.48. The monoisotopic (exact) mass is 1050 g/mol. The Balaban J connectivity index is 1.04. The summed E-state index contributed by atoms with van der Waals surface area (Å²) in [6.45, 7) is 17.9. The van der Waals surface area contributed by atoms with Gasteiger partial charge in [0, 0.05) is 60.2 Å². The highest BCUT2D eigenvalue weighted by molar-refractivity contribution is 7.95. The Kier molecular flexibility index (Phi) is 18.9. The molecule has 5 N–H and O–H groups in total. The van der Waals surface area contributed by atoms with Gasteiger partial charge in [-0.15, -0.1) is 11.3 Å². The van der Waals surface area contributed by atoms with E-state index in [2.05, 4.69) is 39.7 Å². The highest BCUT2D eigenvalue weighted by Crippen LogP contribution is 2.43. The van der Waals surface area contributed by atoms with Crippen molar-refractivity contribution in [1.82, 2.24) is 25.2 Å². The normalized spacial score (nSPS) is 17.8. The minimum absolute atomic E-state index is 0.0821. The van der Waals surface area contributed by atoms with Crippen molar-refractivity contribution in [2.45, 2.75) is 132 Å². The van der Waals surface area contributed by atoms with Crippen molar-refractivity contribution in [3.63, 3.8) is 0 Å². The highest BCUT2D eigenvalue weighted by Gasteiger charge is 2.40. The number of fused-ring (bicyclic) bond motifs is 2. The van der Waals surface area contributed by atoms with Crippen molar-refractivity contribution in [2.24, 2.45) is 0 Å². The topological polar surface area (TPSA) is 292 Å². The molecule has 0 spiro atoms. The Labute approximate surface area is 417 Å². The van der Waals surface area contributed by atoms with E-state index in [9.17, 15) is 50.4 Å². The lowest BCUT2D eigenvalue weighted by Gasteiger charge is -2.27.